The van der Waals surface area contributed by atoms with Gasteiger partial charge in [0.15, 0.2) is 0 Å². The summed E-state index contributed by atoms with van der Waals surface area (Å²) in [6.45, 7) is 0. The van der Waals surface area contributed by atoms with Gasteiger partial charge >= 0.3 is 0 Å². The molecule has 0 aliphatic heterocycles. The maximum Gasteiger partial charge on any atom is 0.246 e. The number of nitrogens with zero attached hydrogens (tertiary/aromatic N) is 1. The molecule has 0 radical (unpaired) electrons. The number of hydrogen-bond donors (Lipinski definition) is 0. The van der Waals surface area contributed by atoms with Crippen LogP contribution in [0.15, 0.2) is 28.7 Å². The predicted octanol–water partition coefficient (Wildman–Crippen LogP) is 2.69. The Labute approximate surface area is 96.5 Å². The Morgan fingerprint density at radius 2 is 2.13 bits per heavy atom. The maximum absolute atomic E-state index is 13.2. The van der Waals surface area contributed by atoms with Crippen LogP contribution in [-0.4, -0.2) is 24.9 Å². The Balaban J connectivity index is 2.89. The normalized spacial score (nSPS) is 10.7. The van der Waals surface area contributed by atoms with Crippen molar-refractivity contribution in [2.45, 2.75) is 0 Å². The Morgan fingerprint density at radius 1 is 1.47 bits per heavy atom. The van der Waals surface area contributed by atoms with Gasteiger partial charge in [0.2, 0.25) is 5.91 Å². The molecule has 0 unspecified atom stereocenters. The van der Waals surface area contributed by atoms with Gasteiger partial charge < -0.3 is 4.90 Å². The quantitative estimate of drug-likeness (QED) is 0.758. The standard InChI is InChI=1S/C11H11BrFNO/c1-14(2)11(15)6-3-8-7-9(12)4-5-10(8)13/h3-7H,1-2H3/b6-3+. The lowest BCUT2D eigenvalue weighted by atomic mass is 10.2. The number of likely N-dealkylation sites (N-methyl/N-ethyl adjacent to an activating group) is 1. The molecule has 0 aliphatic rings. The lowest BCUT2D eigenvalue weighted by Gasteiger charge is -2.05. The summed E-state index contributed by atoms with van der Waals surface area (Å²) < 4.78 is 14.0. The van der Waals surface area contributed by atoms with Crippen molar-refractivity contribution >= 4 is 27.9 Å². The van der Waals surface area contributed by atoms with Crippen molar-refractivity contribution in [2.75, 3.05) is 14.1 Å². The third-order valence-corrected chi connectivity index (χ3v) is 2.30. The molecule has 0 spiro atoms. The van der Waals surface area contributed by atoms with E-state index in [4.69, 9.17) is 0 Å². The summed E-state index contributed by atoms with van der Waals surface area (Å²) in [5, 5.41) is 0. The van der Waals surface area contributed by atoms with E-state index in [1.54, 1.807) is 26.2 Å². The highest BCUT2D eigenvalue weighted by Gasteiger charge is 2.01. The molecule has 0 aromatic heterocycles. The van der Waals surface area contributed by atoms with Crippen LogP contribution in [0.2, 0.25) is 0 Å². The highest BCUT2D eigenvalue weighted by atomic mass is 79.9. The number of benzene rings is 1. The van der Waals surface area contributed by atoms with Crippen molar-refractivity contribution in [1.29, 1.82) is 0 Å². The third-order valence-electron chi connectivity index (χ3n) is 1.80. The van der Waals surface area contributed by atoms with Crippen LogP contribution in [0, 0.1) is 5.82 Å². The molecule has 0 aliphatic carbocycles. The fraction of sp³-hybridized carbons (Fsp3) is 0.182. The van der Waals surface area contributed by atoms with E-state index in [1.807, 2.05) is 0 Å². The van der Waals surface area contributed by atoms with Gasteiger partial charge in [-0.05, 0) is 24.3 Å². The predicted molar refractivity (Wildman–Crippen MR) is 61.8 cm³/mol. The van der Waals surface area contributed by atoms with Gasteiger partial charge in [-0.2, -0.15) is 0 Å². The minimum Gasteiger partial charge on any atom is -0.345 e. The summed E-state index contributed by atoms with van der Waals surface area (Å²) in [4.78, 5) is 12.6. The summed E-state index contributed by atoms with van der Waals surface area (Å²) in [7, 11) is 3.29. The van der Waals surface area contributed by atoms with Gasteiger partial charge in [0, 0.05) is 30.2 Å². The van der Waals surface area contributed by atoms with Gasteiger partial charge in [-0.1, -0.05) is 15.9 Å². The third kappa shape index (κ3) is 3.47. The molecule has 1 aromatic carbocycles. The molecule has 1 aromatic rings. The summed E-state index contributed by atoms with van der Waals surface area (Å²) in [6, 6.07) is 4.58. The fourth-order valence-electron chi connectivity index (χ4n) is 0.952. The molecule has 80 valence electrons. The van der Waals surface area contributed by atoms with Gasteiger partial charge in [0.25, 0.3) is 0 Å². The van der Waals surface area contributed by atoms with Crippen LogP contribution in [0.4, 0.5) is 4.39 Å². The highest BCUT2D eigenvalue weighted by Crippen LogP contribution is 2.16. The largest absolute Gasteiger partial charge is 0.345 e. The van der Waals surface area contributed by atoms with Crippen LogP contribution in [0.25, 0.3) is 6.08 Å². The minimum atomic E-state index is -0.346. The molecule has 15 heavy (non-hydrogen) atoms. The number of rotatable bonds is 2. The summed E-state index contributed by atoms with van der Waals surface area (Å²) in [5.74, 6) is -0.518. The number of halogens is 2. The molecule has 1 amide bonds. The van der Waals surface area contributed by atoms with Crippen LogP contribution in [-0.2, 0) is 4.79 Å². The monoisotopic (exact) mass is 271 g/mol. The zero-order valence-electron chi connectivity index (χ0n) is 8.50. The zero-order valence-corrected chi connectivity index (χ0v) is 10.1. The van der Waals surface area contributed by atoms with Crippen molar-refractivity contribution in [3.63, 3.8) is 0 Å². The molecule has 2 nitrogen and oxygen atoms in total. The fourth-order valence-corrected chi connectivity index (χ4v) is 1.33. The Morgan fingerprint density at radius 3 is 2.73 bits per heavy atom. The van der Waals surface area contributed by atoms with Gasteiger partial charge in [-0.3, -0.25) is 4.79 Å². The van der Waals surface area contributed by atoms with E-state index in [-0.39, 0.29) is 11.7 Å². The van der Waals surface area contributed by atoms with Crippen LogP contribution >= 0.6 is 15.9 Å². The molecular formula is C11H11BrFNO. The SMILES string of the molecule is CN(C)C(=O)/C=C/c1cc(Br)ccc1F. The lowest BCUT2D eigenvalue weighted by molar-refractivity contribution is -0.123. The molecule has 0 saturated carbocycles. The van der Waals surface area contributed by atoms with Crippen LogP contribution < -0.4 is 0 Å². The molecule has 0 atom stereocenters. The lowest BCUT2D eigenvalue weighted by Crippen LogP contribution is -2.18. The van der Waals surface area contributed by atoms with E-state index in [2.05, 4.69) is 15.9 Å². The van der Waals surface area contributed by atoms with E-state index >= 15 is 0 Å². The molecule has 0 fully saturated rings. The van der Waals surface area contributed by atoms with Crippen molar-refractivity contribution in [3.8, 4) is 0 Å². The van der Waals surface area contributed by atoms with Crippen molar-refractivity contribution < 1.29 is 9.18 Å². The van der Waals surface area contributed by atoms with Crippen LogP contribution in [0.3, 0.4) is 0 Å². The Hall–Kier alpha value is -1.16. The second kappa shape index (κ2) is 5.07. The van der Waals surface area contributed by atoms with Crippen molar-refractivity contribution in [2.24, 2.45) is 0 Å². The smallest absolute Gasteiger partial charge is 0.246 e. The average Bonchev–Trinajstić information content (AvgIpc) is 2.18. The maximum atomic E-state index is 13.2. The number of carbonyl (C=O) groups is 1. The second-order valence-corrected chi connectivity index (χ2v) is 4.15. The molecule has 1 rings (SSSR count). The molecule has 0 heterocycles. The average molecular weight is 272 g/mol. The first-order chi connectivity index (χ1) is 7.00. The van der Waals surface area contributed by atoms with Gasteiger partial charge in [-0.15, -0.1) is 0 Å². The minimum absolute atomic E-state index is 0.172. The van der Waals surface area contributed by atoms with E-state index < -0.39 is 0 Å². The summed E-state index contributed by atoms with van der Waals surface area (Å²) in [6.07, 6.45) is 2.80. The van der Waals surface area contributed by atoms with E-state index in [0.29, 0.717) is 5.56 Å². The summed E-state index contributed by atoms with van der Waals surface area (Å²) >= 11 is 3.24. The molecule has 0 bridgehead atoms. The van der Waals surface area contributed by atoms with Crippen molar-refractivity contribution in [1.82, 2.24) is 4.90 Å². The Bertz CT molecular complexity index is 402. The number of carbonyl (C=O) groups excluding carboxylic acids is 1. The van der Waals surface area contributed by atoms with Gasteiger partial charge in [-0.25, -0.2) is 4.39 Å². The van der Waals surface area contributed by atoms with Crippen molar-refractivity contribution in [3.05, 3.63) is 40.1 Å². The van der Waals surface area contributed by atoms with Gasteiger partial charge in [0.1, 0.15) is 5.82 Å². The first-order valence-electron chi connectivity index (χ1n) is 4.35. The topological polar surface area (TPSA) is 20.3 Å². The van der Waals surface area contributed by atoms with Crippen LogP contribution in [0.5, 0.6) is 0 Å². The Kier molecular flexibility index (Phi) is 4.03. The van der Waals surface area contributed by atoms with Gasteiger partial charge in [0.05, 0.1) is 0 Å². The molecule has 0 saturated heterocycles. The zero-order chi connectivity index (χ0) is 11.4. The number of amides is 1. The van der Waals surface area contributed by atoms with E-state index in [9.17, 15) is 9.18 Å². The molecule has 0 N–H and O–H groups in total. The molecule has 4 heteroatoms. The second-order valence-electron chi connectivity index (χ2n) is 3.23. The van der Waals surface area contributed by atoms with E-state index in [0.717, 1.165) is 4.47 Å². The first-order valence-corrected chi connectivity index (χ1v) is 5.14. The number of hydrogen-bond acceptors (Lipinski definition) is 1. The highest BCUT2D eigenvalue weighted by molar-refractivity contribution is 9.10. The molecular weight excluding hydrogens is 261 g/mol. The first kappa shape index (κ1) is 11.9. The van der Waals surface area contributed by atoms with E-state index in [1.165, 1.54) is 23.1 Å². The summed E-state index contributed by atoms with van der Waals surface area (Å²) in [5.41, 5.74) is 0.388. The van der Waals surface area contributed by atoms with Crippen LogP contribution in [0.1, 0.15) is 5.56 Å².